The van der Waals surface area contributed by atoms with Crippen molar-refractivity contribution in [3.63, 3.8) is 0 Å². The third kappa shape index (κ3) is 4.23. The number of ether oxygens (including phenoxy) is 1. The zero-order chi connectivity index (χ0) is 14.7. The summed E-state index contributed by atoms with van der Waals surface area (Å²) in [6.07, 6.45) is 9.51. The summed E-state index contributed by atoms with van der Waals surface area (Å²) in [6.45, 7) is 3.21. The Morgan fingerprint density at radius 3 is 2.76 bits per heavy atom. The quantitative estimate of drug-likeness (QED) is 0.774. The number of hydrogen-bond acceptors (Lipinski definition) is 2. The minimum absolute atomic E-state index is 0.407. The third-order valence-corrected chi connectivity index (χ3v) is 5.32. The summed E-state index contributed by atoms with van der Waals surface area (Å²) < 4.78 is 7.57. The standard InChI is InChI=1S/C18H26BrNO/c1-2-13-5-3-4-6-17(13)21-18-10-7-15(19)11-14(18)12-20-16-8-9-16/h7,10-11,13,16-17,20H,2-6,8-9,12H2,1H3. The van der Waals surface area contributed by atoms with Crippen LogP contribution in [-0.4, -0.2) is 12.1 Å². The van der Waals surface area contributed by atoms with E-state index in [1.54, 1.807) is 0 Å². The first-order chi connectivity index (χ1) is 10.3. The largest absolute Gasteiger partial charge is 0.490 e. The molecule has 1 aromatic rings. The molecule has 0 saturated heterocycles. The van der Waals surface area contributed by atoms with Crippen molar-refractivity contribution in [2.24, 2.45) is 5.92 Å². The number of hydrogen-bond donors (Lipinski definition) is 1. The fraction of sp³-hybridized carbons (Fsp3) is 0.667. The second-order valence-corrected chi connectivity index (χ2v) is 7.43. The highest BCUT2D eigenvalue weighted by Gasteiger charge is 2.26. The van der Waals surface area contributed by atoms with E-state index in [4.69, 9.17) is 4.74 Å². The van der Waals surface area contributed by atoms with Gasteiger partial charge in [-0.1, -0.05) is 29.3 Å². The zero-order valence-corrected chi connectivity index (χ0v) is 14.5. The molecule has 2 unspecified atom stereocenters. The molecule has 2 aliphatic carbocycles. The molecule has 1 N–H and O–H groups in total. The molecular formula is C18H26BrNO. The van der Waals surface area contributed by atoms with E-state index in [1.807, 2.05) is 0 Å². The van der Waals surface area contributed by atoms with Gasteiger partial charge in [-0.15, -0.1) is 0 Å². The minimum atomic E-state index is 0.407. The van der Waals surface area contributed by atoms with Crippen LogP contribution >= 0.6 is 15.9 Å². The first-order valence-electron chi connectivity index (χ1n) is 8.44. The molecule has 0 aromatic heterocycles. The summed E-state index contributed by atoms with van der Waals surface area (Å²) in [4.78, 5) is 0. The van der Waals surface area contributed by atoms with Gasteiger partial charge in [0.2, 0.25) is 0 Å². The molecule has 0 radical (unpaired) electrons. The molecule has 2 aliphatic rings. The molecule has 2 fully saturated rings. The highest BCUT2D eigenvalue weighted by molar-refractivity contribution is 9.10. The van der Waals surface area contributed by atoms with E-state index in [9.17, 15) is 0 Å². The van der Waals surface area contributed by atoms with Crippen LogP contribution in [-0.2, 0) is 6.54 Å². The summed E-state index contributed by atoms with van der Waals surface area (Å²) in [5.74, 6) is 1.81. The van der Waals surface area contributed by atoms with Crippen LogP contribution in [0.25, 0.3) is 0 Å². The van der Waals surface area contributed by atoms with Crippen LogP contribution in [0.3, 0.4) is 0 Å². The van der Waals surface area contributed by atoms with Crippen molar-refractivity contribution in [3.05, 3.63) is 28.2 Å². The van der Waals surface area contributed by atoms with Gasteiger partial charge in [-0.3, -0.25) is 0 Å². The van der Waals surface area contributed by atoms with Gasteiger partial charge in [0, 0.05) is 22.6 Å². The average molecular weight is 352 g/mol. The smallest absolute Gasteiger partial charge is 0.124 e. The summed E-state index contributed by atoms with van der Waals surface area (Å²) in [5.41, 5.74) is 1.29. The van der Waals surface area contributed by atoms with Crippen LogP contribution in [0.2, 0.25) is 0 Å². The summed E-state index contributed by atoms with van der Waals surface area (Å²) in [5, 5.41) is 3.60. The molecule has 3 heteroatoms. The lowest BCUT2D eigenvalue weighted by molar-refractivity contribution is 0.0892. The number of nitrogens with one attached hydrogen (secondary N) is 1. The van der Waals surface area contributed by atoms with Crippen molar-refractivity contribution in [2.45, 2.75) is 70.6 Å². The van der Waals surface area contributed by atoms with Crippen molar-refractivity contribution >= 4 is 15.9 Å². The van der Waals surface area contributed by atoms with E-state index in [1.165, 1.54) is 50.5 Å². The molecule has 2 nitrogen and oxygen atoms in total. The fourth-order valence-electron chi connectivity index (χ4n) is 3.30. The van der Waals surface area contributed by atoms with E-state index in [2.05, 4.69) is 46.4 Å². The van der Waals surface area contributed by atoms with Crippen LogP contribution in [0.1, 0.15) is 57.4 Å². The lowest BCUT2D eigenvalue weighted by Crippen LogP contribution is -2.30. The fourth-order valence-corrected chi connectivity index (χ4v) is 3.71. The van der Waals surface area contributed by atoms with Gasteiger partial charge < -0.3 is 10.1 Å². The van der Waals surface area contributed by atoms with Crippen molar-refractivity contribution in [1.29, 1.82) is 0 Å². The molecule has 0 amide bonds. The SMILES string of the molecule is CCC1CCCCC1Oc1ccc(Br)cc1CNC1CC1. The maximum Gasteiger partial charge on any atom is 0.124 e. The van der Waals surface area contributed by atoms with Gasteiger partial charge in [0.25, 0.3) is 0 Å². The van der Waals surface area contributed by atoms with Crippen molar-refractivity contribution < 1.29 is 4.74 Å². The van der Waals surface area contributed by atoms with Crippen LogP contribution in [0, 0.1) is 5.92 Å². The second-order valence-electron chi connectivity index (χ2n) is 6.52. The van der Waals surface area contributed by atoms with Crippen LogP contribution in [0.4, 0.5) is 0 Å². The van der Waals surface area contributed by atoms with Gasteiger partial charge in [0.15, 0.2) is 0 Å². The van der Waals surface area contributed by atoms with E-state index in [-0.39, 0.29) is 0 Å². The second kappa shape index (κ2) is 7.15. The van der Waals surface area contributed by atoms with Crippen LogP contribution < -0.4 is 10.1 Å². The lowest BCUT2D eigenvalue weighted by Gasteiger charge is -2.32. The molecular weight excluding hydrogens is 326 g/mol. The van der Waals surface area contributed by atoms with Gasteiger partial charge >= 0.3 is 0 Å². The van der Waals surface area contributed by atoms with Crippen molar-refractivity contribution in [3.8, 4) is 5.75 Å². The third-order valence-electron chi connectivity index (χ3n) is 4.82. The van der Waals surface area contributed by atoms with Gasteiger partial charge in [-0.25, -0.2) is 0 Å². The van der Waals surface area contributed by atoms with Crippen LogP contribution in [0.5, 0.6) is 5.75 Å². The maximum atomic E-state index is 6.44. The summed E-state index contributed by atoms with van der Waals surface area (Å²) in [6, 6.07) is 7.17. The van der Waals surface area contributed by atoms with Gasteiger partial charge in [-0.2, -0.15) is 0 Å². The maximum absolute atomic E-state index is 6.44. The Morgan fingerprint density at radius 2 is 2.00 bits per heavy atom. The topological polar surface area (TPSA) is 21.3 Å². The normalized spacial score (nSPS) is 25.8. The predicted octanol–water partition coefficient (Wildman–Crippen LogP) is 5.05. The summed E-state index contributed by atoms with van der Waals surface area (Å²) >= 11 is 3.59. The lowest BCUT2D eigenvalue weighted by atomic mass is 9.84. The monoisotopic (exact) mass is 351 g/mol. The van der Waals surface area contributed by atoms with E-state index in [0.717, 1.165) is 28.7 Å². The number of rotatable bonds is 6. The molecule has 2 atom stereocenters. The molecule has 0 aliphatic heterocycles. The Labute approximate surface area is 136 Å². The van der Waals surface area contributed by atoms with Gasteiger partial charge in [-0.05, 0) is 62.6 Å². The van der Waals surface area contributed by atoms with Crippen LogP contribution in [0.15, 0.2) is 22.7 Å². The molecule has 0 bridgehead atoms. The number of benzene rings is 1. The van der Waals surface area contributed by atoms with E-state index in [0.29, 0.717) is 6.10 Å². The minimum Gasteiger partial charge on any atom is -0.490 e. The highest BCUT2D eigenvalue weighted by Crippen LogP contribution is 2.33. The molecule has 0 spiro atoms. The molecule has 0 heterocycles. The molecule has 116 valence electrons. The predicted molar refractivity (Wildman–Crippen MR) is 90.7 cm³/mol. The zero-order valence-electron chi connectivity index (χ0n) is 12.9. The molecule has 1 aromatic carbocycles. The number of halogens is 1. The van der Waals surface area contributed by atoms with Gasteiger partial charge in [0.1, 0.15) is 11.9 Å². The highest BCUT2D eigenvalue weighted by atomic mass is 79.9. The Morgan fingerprint density at radius 1 is 1.19 bits per heavy atom. The van der Waals surface area contributed by atoms with Gasteiger partial charge in [0.05, 0.1) is 0 Å². The Hall–Kier alpha value is -0.540. The van der Waals surface area contributed by atoms with Crippen molar-refractivity contribution in [2.75, 3.05) is 0 Å². The Balaban J connectivity index is 1.70. The van der Waals surface area contributed by atoms with Crippen molar-refractivity contribution in [1.82, 2.24) is 5.32 Å². The average Bonchev–Trinajstić information content (AvgIpc) is 3.32. The molecule has 2 saturated carbocycles. The Kier molecular flexibility index (Phi) is 5.23. The Bertz CT molecular complexity index is 472. The molecule has 21 heavy (non-hydrogen) atoms. The van der Waals surface area contributed by atoms with E-state index < -0.39 is 0 Å². The molecule has 3 rings (SSSR count). The first-order valence-corrected chi connectivity index (χ1v) is 9.24. The first kappa shape index (κ1) is 15.4. The summed E-state index contributed by atoms with van der Waals surface area (Å²) in [7, 11) is 0. The van der Waals surface area contributed by atoms with E-state index >= 15 is 0 Å².